The smallest absolute Gasteiger partial charge is 0.337 e. The van der Waals surface area contributed by atoms with Crippen LogP contribution in [0.15, 0.2) is 47.4 Å². The van der Waals surface area contributed by atoms with Crippen molar-refractivity contribution >= 4 is 21.5 Å². The van der Waals surface area contributed by atoms with Crippen molar-refractivity contribution in [1.82, 2.24) is 9.80 Å². The van der Waals surface area contributed by atoms with Gasteiger partial charge in [0.1, 0.15) is 11.6 Å². The molecule has 1 aliphatic rings. The molecule has 1 aliphatic heterocycles. The number of anilines is 1. The summed E-state index contributed by atoms with van der Waals surface area (Å²) in [6, 6.07) is 11.1. The number of nitrogens with one attached hydrogen (secondary N) is 1. The number of nitrogens with zero attached hydrogens (tertiary/aromatic N) is 2. The van der Waals surface area contributed by atoms with Crippen LogP contribution >= 0.6 is 0 Å². The first kappa shape index (κ1) is 22.1. The molecule has 162 valence electrons. The van der Waals surface area contributed by atoms with Crippen LogP contribution in [0.1, 0.15) is 15.9 Å². The number of para-hydroxylation sites is 1. The average molecular weight is 434 g/mol. The third-order valence-electron chi connectivity index (χ3n) is 5.23. The van der Waals surface area contributed by atoms with Gasteiger partial charge in [-0.15, -0.1) is 0 Å². The quantitative estimate of drug-likeness (QED) is 0.652. The Bertz CT molecular complexity index is 984. The number of ether oxygens (including phenoxy) is 1. The van der Waals surface area contributed by atoms with E-state index < -0.39 is 21.7 Å². The molecule has 8 nitrogen and oxygen atoms in total. The van der Waals surface area contributed by atoms with Crippen LogP contribution in [0.4, 0.5) is 5.69 Å². The first-order valence-corrected chi connectivity index (χ1v) is 11.3. The number of sulfone groups is 1. The maximum absolute atomic E-state index is 12.8. The molecule has 0 amide bonds. The molecule has 0 aromatic heterocycles. The normalized spacial score (nSPS) is 15.7. The lowest BCUT2D eigenvalue weighted by atomic mass is 10.1. The molecule has 1 fully saturated rings. The van der Waals surface area contributed by atoms with E-state index in [4.69, 9.17) is 4.74 Å². The molecule has 0 saturated carbocycles. The summed E-state index contributed by atoms with van der Waals surface area (Å²) in [5.41, 5.74) is 1.18. The largest absolute Gasteiger partial charge is 0.497 e. The van der Waals surface area contributed by atoms with Crippen LogP contribution in [0.2, 0.25) is 0 Å². The van der Waals surface area contributed by atoms with Gasteiger partial charge in [0, 0.05) is 32.7 Å². The summed E-state index contributed by atoms with van der Waals surface area (Å²) in [4.78, 5) is 16.4. The highest BCUT2D eigenvalue weighted by Gasteiger charge is 2.21. The molecule has 2 N–H and O–H groups in total. The Balaban J connectivity index is 1.81. The second kappa shape index (κ2) is 9.46. The summed E-state index contributed by atoms with van der Waals surface area (Å²) in [5, 5.41) is 12.5. The van der Waals surface area contributed by atoms with Gasteiger partial charge in [0.2, 0.25) is 0 Å². The van der Waals surface area contributed by atoms with Crippen LogP contribution in [-0.2, 0) is 16.4 Å². The predicted octanol–water partition coefficient (Wildman–Crippen LogP) is 1.98. The van der Waals surface area contributed by atoms with Gasteiger partial charge in [-0.3, -0.25) is 4.90 Å². The number of aromatic carboxylic acids is 1. The minimum absolute atomic E-state index is 0.0616. The first-order valence-electron chi connectivity index (χ1n) is 9.67. The lowest BCUT2D eigenvalue weighted by Gasteiger charge is -2.33. The van der Waals surface area contributed by atoms with Gasteiger partial charge in [-0.05, 0) is 42.9 Å². The second-order valence-electron chi connectivity index (χ2n) is 7.34. The Hall–Kier alpha value is -2.62. The summed E-state index contributed by atoms with van der Waals surface area (Å²) < 4.78 is 30.6. The zero-order chi connectivity index (χ0) is 21.7. The van der Waals surface area contributed by atoms with Crippen molar-refractivity contribution in [2.75, 3.05) is 51.5 Å². The highest BCUT2D eigenvalue weighted by Crippen LogP contribution is 2.25. The molecule has 0 radical (unpaired) electrons. The van der Waals surface area contributed by atoms with Crippen molar-refractivity contribution in [1.29, 1.82) is 0 Å². The maximum atomic E-state index is 12.8. The molecule has 3 rings (SSSR count). The van der Waals surface area contributed by atoms with Crippen LogP contribution in [0.5, 0.6) is 5.75 Å². The van der Waals surface area contributed by atoms with E-state index in [1.807, 2.05) is 6.07 Å². The number of hydrogen-bond donors (Lipinski definition) is 2. The van der Waals surface area contributed by atoms with E-state index in [0.717, 1.165) is 31.7 Å². The lowest BCUT2D eigenvalue weighted by Crippen LogP contribution is -2.44. The molecule has 1 heterocycles. The molecule has 0 aliphatic carbocycles. The Kier molecular flexibility index (Phi) is 6.96. The first-order chi connectivity index (χ1) is 14.3. The van der Waals surface area contributed by atoms with Crippen molar-refractivity contribution in [2.24, 2.45) is 0 Å². The van der Waals surface area contributed by atoms with Crippen LogP contribution in [0.25, 0.3) is 0 Å². The molecular weight excluding hydrogens is 406 g/mol. The number of rotatable bonds is 8. The van der Waals surface area contributed by atoms with E-state index in [1.165, 1.54) is 25.3 Å². The monoisotopic (exact) mass is 433 g/mol. The topological polar surface area (TPSA) is 99.2 Å². The van der Waals surface area contributed by atoms with Gasteiger partial charge in [0.05, 0.1) is 23.3 Å². The van der Waals surface area contributed by atoms with Crippen molar-refractivity contribution in [3.05, 3.63) is 53.6 Å². The maximum Gasteiger partial charge on any atom is 0.337 e. The number of methoxy groups -OCH3 is 1. The van der Waals surface area contributed by atoms with Gasteiger partial charge in [-0.25, -0.2) is 13.2 Å². The fraction of sp³-hybridized carbons (Fsp3) is 0.381. The molecule has 9 heteroatoms. The Morgan fingerprint density at radius 1 is 1.10 bits per heavy atom. The third kappa shape index (κ3) is 5.29. The van der Waals surface area contributed by atoms with Crippen molar-refractivity contribution in [3.8, 4) is 5.75 Å². The van der Waals surface area contributed by atoms with Crippen LogP contribution in [0.3, 0.4) is 0 Å². The molecule has 2 aromatic carbocycles. The van der Waals surface area contributed by atoms with Gasteiger partial charge in [-0.1, -0.05) is 12.1 Å². The van der Waals surface area contributed by atoms with E-state index >= 15 is 0 Å². The number of hydrogen-bond acceptors (Lipinski definition) is 7. The number of carboxylic acid groups (broad SMARTS) is 1. The summed E-state index contributed by atoms with van der Waals surface area (Å²) >= 11 is 0. The predicted molar refractivity (Wildman–Crippen MR) is 115 cm³/mol. The highest BCUT2D eigenvalue weighted by atomic mass is 32.2. The number of likely N-dealkylation sites (N-methyl/N-ethyl adjacent to an activating group) is 1. The fourth-order valence-corrected chi connectivity index (χ4v) is 4.45. The summed E-state index contributed by atoms with van der Waals surface area (Å²) in [7, 11) is -0.0843. The van der Waals surface area contributed by atoms with Crippen LogP contribution in [-0.4, -0.2) is 75.5 Å². The minimum atomic E-state index is -3.66. The molecular formula is C21H27N3O5S. The molecule has 2 aromatic rings. The molecule has 0 spiro atoms. The number of carbonyl (C=O) groups is 1. The second-order valence-corrected chi connectivity index (χ2v) is 9.33. The van der Waals surface area contributed by atoms with Gasteiger partial charge in [0.15, 0.2) is 9.84 Å². The standard InChI is InChI=1S/C21H27N3O5S/c1-23-10-12-24(13-11-23)14-16-4-3-5-19(21(25)26)20(16)22-15-30(27,28)18-8-6-17(29-2)7-9-18/h3-9,22H,10-15H2,1-2H3,(H,25,26). The zero-order valence-corrected chi connectivity index (χ0v) is 18.0. The zero-order valence-electron chi connectivity index (χ0n) is 17.2. The van der Waals surface area contributed by atoms with Gasteiger partial charge in [-0.2, -0.15) is 0 Å². The molecule has 0 bridgehead atoms. The lowest BCUT2D eigenvalue weighted by molar-refractivity contribution is 0.0697. The van der Waals surface area contributed by atoms with Gasteiger partial charge < -0.3 is 20.1 Å². The summed E-state index contributed by atoms with van der Waals surface area (Å²) in [6.45, 7) is 4.18. The van der Waals surface area contributed by atoms with Gasteiger partial charge in [0.25, 0.3) is 0 Å². The van der Waals surface area contributed by atoms with E-state index in [-0.39, 0.29) is 10.5 Å². The summed E-state index contributed by atoms with van der Waals surface area (Å²) in [5.74, 6) is -0.938. The van der Waals surface area contributed by atoms with Gasteiger partial charge >= 0.3 is 5.97 Å². The Labute approximate surface area is 177 Å². The molecule has 0 unspecified atom stereocenters. The Morgan fingerprint density at radius 3 is 2.37 bits per heavy atom. The third-order valence-corrected chi connectivity index (χ3v) is 6.74. The number of carboxylic acids is 1. The van der Waals surface area contributed by atoms with E-state index in [1.54, 1.807) is 18.2 Å². The number of benzene rings is 2. The van der Waals surface area contributed by atoms with Crippen LogP contribution < -0.4 is 10.1 Å². The Morgan fingerprint density at radius 2 is 1.77 bits per heavy atom. The van der Waals surface area contributed by atoms with Crippen molar-refractivity contribution in [2.45, 2.75) is 11.4 Å². The fourth-order valence-electron chi connectivity index (χ4n) is 3.40. The van der Waals surface area contributed by atoms with E-state index in [2.05, 4.69) is 22.2 Å². The molecule has 30 heavy (non-hydrogen) atoms. The van der Waals surface area contributed by atoms with Crippen LogP contribution in [0, 0.1) is 0 Å². The highest BCUT2D eigenvalue weighted by molar-refractivity contribution is 7.91. The van der Waals surface area contributed by atoms with E-state index in [0.29, 0.717) is 18.0 Å². The molecule has 1 saturated heterocycles. The summed E-state index contributed by atoms with van der Waals surface area (Å²) in [6.07, 6.45) is 0. The van der Waals surface area contributed by atoms with Crippen molar-refractivity contribution in [3.63, 3.8) is 0 Å². The number of piperazine rings is 1. The molecule has 0 atom stereocenters. The minimum Gasteiger partial charge on any atom is -0.497 e. The van der Waals surface area contributed by atoms with Crippen molar-refractivity contribution < 1.29 is 23.1 Å². The SMILES string of the molecule is COc1ccc(S(=O)(=O)CNc2c(CN3CCN(C)CC3)cccc2C(=O)O)cc1. The average Bonchev–Trinajstić information content (AvgIpc) is 2.74. The van der Waals surface area contributed by atoms with E-state index in [9.17, 15) is 18.3 Å².